The predicted octanol–water partition coefficient (Wildman–Crippen LogP) is 0.890. The number of ether oxygens (including phenoxy) is 1. The van der Waals surface area contributed by atoms with Crippen LogP contribution in [0.1, 0.15) is 24.1 Å². The van der Waals surface area contributed by atoms with Crippen LogP contribution in [0.5, 0.6) is 0 Å². The summed E-state index contributed by atoms with van der Waals surface area (Å²) in [6.45, 7) is 3.51. The van der Waals surface area contributed by atoms with Crippen LogP contribution in [-0.2, 0) is 11.3 Å². The molecule has 0 aromatic carbocycles. The van der Waals surface area contributed by atoms with Crippen molar-refractivity contribution in [3.05, 3.63) is 11.1 Å². The van der Waals surface area contributed by atoms with Crippen LogP contribution in [-0.4, -0.2) is 31.3 Å². The number of hydrogen-bond donors (Lipinski definition) is 2. The van der Waals surface area contributed by atoms with Crippen molar-refractivity contribution in [1.29, 1.82) is 0 Å². The number of amides is 1. The summed E-state index contributed by atoms with van der Waals surface area (Å²) in [6, 6.07) is 0. The summed E-state index contributed by atoms with van der Waals surface area (Å²) in [7, 11) is 1.35. The van der Waals surface area contributed by atoms with Crippen LogP contribution in [0.4, 0.5) is 9.93 Å². The second-order valence-electron chi connectivity index (χ2n) is 4.24. The number of nitrogens with zero attached hydrogens (tertiary/aromatic N) is 1. The Morgan fingerprint density at radius 3 is 3.00 bits per heavy atom. The zero-order valence-electron chi connectivity index (χ0n) is 9.99. The average molecular weight is 256 g/mol. The minimum absolute atomic E-state index is 0.462. The van der Waals surface area contributed by atoms with E-state index in [0.717, 1.165) is 6.54 Å². The maximum atomic E-state index is 11.0. The molecule has 1 aromatic heterocycles. The minimum Gasteiger partial charge on any atom is -0.453 e. The number of thiazole rings is 1. The standard InChI is InChI=1S/C11H17N3O2S/c1-16-11(15)13-10-12-7-9(17-10)8-14-5-3-2-4-6-14/h7H,2-6,8H2,1H3,(H,12,13,15)/p+1. The first-order valence-electron chi connectivity index (χ1n) is 5.91. The molecule has 0 spiro atoms. The number of piperidine rings is 1. The summed E-state index contributed by atoms with van der Waals surface area (Å²) in [6.07, 6.45) is 5.39. The molecule has 0 saturated carbocycles. The number of anilines is 1. The van der Waals surface area contributed by atoms with Crippen molar-refractivity contribution in [1.82, 2.24) is 4.98 Å². The molecule has 1 fully saturated rings. The normalized spacial score (nSPS) is 16.8. The molecule has 0 bridgehead atoms. The SMILES string of the molecule is COC(=O)Nc1ncc(C[NH+]2CCCCC2)s1. The lowest BCUT2D eigenvalue weighted by atomic mass is 10.1. The molecule has 6 heteroatoms. The molecule has 0 radical (unpaired) electrons. The monoisotopic (exact) mass is 256 g/mol. The number of aromatic nitrogens is 1. The number of carbonyl (C=O) groups excluding carboxylic acids is 1. The Morgan fingerprint density at radius 1 is 1.53 bits per heavy atom. The van der Waals surface area contributed by atoms with Crippen LogP contribution >= 0.6 is 11.3 Å². The third-order valence-corrected chi connectivity index (χ3v) is 3.85. The first-order valence-corrected chi connectivity index (χ1v) is 6.73. The Bertz CT molecular complexity index is 375. The third-order valence-electron chi connectivity index (χ3n) is 2.93. The van der Waals surface area contributed by atoms with E-state index in [-0.39, 0.29) is 0 Å². The van der Waals surface area contributed by atoms with Crippen molar-refractivity contribution in [3.8, 4) is 0 Å². The molecular weight excluding hydrogens is 238 g/mol. The zero-order valence-corrected chi connectivity index (χ0v) is 10.8. The average Bonchev–Trinajstić information content (AvgIpc) is 2.77. The van der Waals surface area contributed by atoms with E-state index in [9.17, 15) is 4.79 Å². The van der Waals surface area contributed by atoms with E-state index >= 15 is 0 Å². The van der Waals surface area contributed by atoms with Gasteiger partial charge in [0.1, 0.15) is 6.54 Å². The van der Waals surface area contributed by atoms with Gasteiger partial charge in [-0.1, -0.05) is 11.3 Å². The second-order valence-corrected chi connectivity index (χ2v) is 5.35. The number of carbonyl (C=O) groups is 1. The number of hydrogen-bond acceptors (Lipinski definition) is 4. The molecule has 0 aliphatic carbocycles. The quantitative estimate of drug-likeness (QED) is 0.844. The van der Waals surface area contributed by atoms with Crippen LogP contribution in [0.2, 0.25) is 0 Å². The topological polar surface area (TPSA) is 55.7 Å². The van der Waals surface area contributed by atoms with Gasteiger partial charge in [0.2, 0.25) is 0 Å². The third kappa shape index (κ3) is 3.67. The molecule has 2 N–H and O–H groups in total. The lowest BCUT2D eigenvalue weighted by Crippen LogP contribution is -3.11. The maximum absolute atomic E-state index is 11.0. The van der Waals surface area contributed by atoms with Gasteiger partial charge in [0.25, 0.3) is 0 Å². The molecule has 1 amide bonds. The molecule has 17 heavy (non-hydrogen) atoms. The number of nitrogens with one attached hydrogen (secondary N) is 2. The van der Waals surface area contributed by atoms with Crippen LogP contribution < -0.4 is 10.2 Å². The summed E-state index contributed by atoms with van der Waals surface area (Å²) < 4.78 is 4.52. The van der Waals surface area contributed by atoms with Crippen LogP contribution in [0.15, 0.2) is 6.20 Å². The molecule has 94 valence electrons. The first-order chi connectivity index (χ1) is 8.28. The molecule has 2 heterocycles. The molecule has 1 saturated heterocycles. The second kappa shape index (κ2) is 5.97. The van der Waals surface area contributed by atoms with E-state index in [1.807, 2.05) is 6.20 Å². The molecule has 0 unspecified atom stereocenters. The van der Waals surface area contributed by atoms with Crippen molar-refractivity contribution in [3.63, 3.8) is 0 Å². The van der Waals surface area contributed by atoms with Crippen molar-refractivity contribution in [2.45, 2.75) is 25.8 Å². The van der Waals surface area contributed by atoms with Gasteiger partial charge < -0.3 is 9.64 Å². The van der Waals surface area contributed by atoms with Crippen molar-refractivity contribution in [2.75, 3.05) is 25.5 Å². The largest absolute Gasteiger partial charge is 0.453 e. The summed E-state index contributed by atoms with van der Waals surface area (Å²) in [5.74, 6) is 0. The number of rotatable bonds is 3. The molecular formula is C11H18N3O2S+. The molecule has 1 aromatic rings. The Balaban J connectivity index is 1.86. The molecule has 0 atom stereocenters. The fourth-order valence-electron chi connectivity index (χ4n) is 2.06. The summed E-state index contributed by atoms with van der Waals surface area (Å²) in [4.78, 5) is 18.0. The van der Waals surface area contributed by atoms with Gasteiger partial charge in [-0.05, 0) is 19.3 Å². The minimum atomic E-state index is -0.462. The number of likely N-dealkylation sites (tertiary alicyclic amines) is 1. The summed E-state index contributed by atoms with van der Waals surface area (Å²) in [5.41, 5.74) is 0. The highest BCUT2D eigenvalue weighted by Gasteiger charge is 2.15. The van der Waals surface area contributed by atoms with E-state index in [0.29, 0.717) is 5.13 Å². The van der Waals surface area contributed by atoms with E-state index in [1.165, 1.54) is 55.7 Å². The van der Waals surface area contributed by atoms with Gasteiger partial charge in [-0.2, -0.15) is 0 Å². The molecule has 2 rings (SSSR count). The zero-order chi connectivity index (χ0) is 12.1. The van der Waals surface area contributed by atoms with Crippen LogP contribution in [0.25, 0.3) is 0 Å². The number of methoxy groups -OCH3 is 1. The van der Waals surface area contributed by atoms with E-state index in [2.05, 4.69) is 15.0 Å². The fraction of sp³-hybridized carbons (Fsp3) is 0.636. The highest BCUT2D eigenvalue weighted by atomic mass is 32.1. The van der Waals surface area contributed by atoms with Gasteiger partial charge in [-0.25, -0.2) is 9.78 Å². The van der Waals surface area contributed by atoms with Crippen LogP contribution in [0.3, 0.4) is 0 Å². The van der Waals surface area contributed by atoms with Gasteiger partial charge in [-0.15, -0.1) is 0 Å². The Kier molecular flexibility index (Phi) is 4.33. The number of quaternary nitrogens is 1. The Labute approximate surface area is 105 Å². The summed E-state index contributed by atoms with van der Waals surface area (Å²) in [5, 5.41) is 3.20. The lowest BCUT2D eigenvalue weighted by molar-refractivity contribution is -0.918. The highest BCUT2D eigenvalue weighted by Crippen LogP contribution is 2.17. The van der Waals surface area contributed by atoms with E-state index < -0.39 is 6.09 Å². The van der Waals surface area contributed by atoms with E-state index in [1.54, 1.807) is 4.90 Å². The summed E-state index contributed by atoms with van der Waals surface area (Å²) >= 11 is 1.53. The molecule has 1 aliphatic rings. The highest BCUT2D eigenvalue weighted by molar-refractivity contribution is 7.15. The molecule has 1 aliphatic heterocycles. The van der Waals surface area contributed by atoms with Crippen molar-refractivity contribution < 1.29 is 14.4 Å². The molecule has 5 nitrogen and oxygen atoms in total. The predicted molar refractivity (Wildman–Crippen MR) is 66.4 cm³/mol. The Morgan fingerprint density at radius 2 is 2.29 bits per heavy atom. The van der Waals surface area contributed by atoms with Crippen molar-refractivity contribution in [2.24, 2.45) is 0 Å². The fourth-order valence-corrected chi connectivity index (χ4v) is 2.93. The van der Waals surface area contributed by atoms with Gasteiger partial charge in [-0.3, -0.25) is 5.32 Å². The smallest absolute Gasteiger partial charge is 0.413 e. The van der Waals surface area contributed by atoms with Crippen molar-refractivity contribution >= 4 is 22.6 Å². The Hall–Kier alpha value is -1.14. The van der Waals surface area contributed by atoms with E-state index in [4.69, 9.17) is 0 Å². The van der Waals surface area contributed by atoms with Gasteiger partial charge >= 0.3 is 6.09 Å². The maximum Gasteiger partial charge on any atom is 0.413 e. The van der Waals surface area contributed by atoms with Gasteiger partial charge in [0.05, 0.1) is 25.1 Å². The first kappa shape index (κ1) is 12.3. The van der Waals surface area contributed by atoms with Gasteiger partial charge in [0.15, 0.2) is 5.13 Å². The lowest BCUT2D eigenvalue weighted by Gasteiger charge is -2.22. The van der Waals surface area contributed by atoms with Gasteiger partial charge in [0, 0.05) is 6.20 Å². The van der Waals surface area contributed by atoms with Crippen LogP contribution in [0, 0.1) is 0 Å².